The standard InChI is InChI=1S/C9H19NO/c1-3-4-5-9(6-10-2)7-11-8-9/h10H,3-8H2,1-2H3. The van der Waals surface area contributed by atoms with Gasteiger partial charge in [-0.25, -0.2) is 0 Å². The Morgan fingerprint density at radius 2 is 2.18 bits per heavy atom. The Labute approximate surface area is 69.3 Å². The predicted molar refractivity (Wildman–Crippen MR) is 46.7 cm³/mol. The van der Waals surface area contributed by atoms with E-state index in [2.05, 4.69) is 12.2 Å². The molecule has 0 radical (unpaired) electrons. The highest BCUT2D eigenvalue weighted by Gasteiger charge is 2.36. The second-order valence-electron chi connectivity index (χ2n) is 3.63. The molecule has 0 atom stereocenters. The summed E-state index contributed by atoms with van der Waals surface area (Å²) in [5.41, 5.74) is 0.491. The van der Waals surface area contributed by atoms with Crippen LogP contribution in [0, 0.1) is 5.41 Å². The minimum atomic E-state index is 0.491. The zero-order chi connectivity index (χ0) is 8.16. The number of rotatable bonds is 5. The van der Waals surface area contributed by atoms with Gasteiger partial charge in [-0.3, -0.25) is 0 Å². The molecular weight excluding hydrogens is 138 g/mol. The fourth-order valence-corrected chi connectivity index (χ4v) is 1.65. The maximum Gasteiger partial charge on any atom is 0.0557 e. The van der Waals surface area contributed by atoms with E-state index < -0.39 is 0 Å². The van der Waals surface area contributed by atoms with Gasteiger partial charge >= 0.3 is 0 Å². The third-order valence-corrected chi connectivity index (χ3v) is 2.43. The molecule has 0 aromatic heterocycles. The van der Waals surface area contributed by atoms with Crippen LogP contribution in [0.1, 0.15) is 26.2 Å². The molecule has 0 saturated carbocycles. The molecule has 1 fully saturated rings. The summed E-state index contributed by atoms with van der Waals surface area (Å²) in [6, 6.07) is 0. The minimum Gasteiger partial charge on any atom is -0.380 e. The fraction of sp³-hybridized carbons (Fsp3) is 1.00. The van der Waals surface area contributed by atoms with Crippen molar-refractivity contribution in [3.05, 3.63) is 0 Å². The van der Waals surface area contributed by atoms with E-state index in [9.17, 15) is 0 Å². The lowest BCUT2D eigenvalue weighted by Gasteiger charge is -2.41. The summed E-state index contributed by atoms with van der Waals surface area (Å²) in [7, 11) is 2.02. The van der Waals surface area contributed by atoms with Gasteiger partial charge in [-0.1, -0.05) is 19.8 Å². The highest BCUT2D eigenvalue weighted by Crippen LogP contribution is 2.32. The summed E-state index contributed by atoms with van der Waals surface area (Å²) in [4.78, 5) is 0. The lowest BCUT2D eigenvalue weighted by molar-refractivity contribution is -0.115. The number of hydrogen-bond donors (Lipinski definition) is 1. The molecule has 2 nitrogen and oxygen atoms in total. The van der Waals surface area contributed by atoms with E-state index in [-0.39, 0.29) is 0 Å². The normalized spacial score (nSPS) is 21.3. The van der Waals surface area contributed by atoms with Crippen molar-refractivity contribution in [3.8, 4) is 0 Å². The van der Waals surface area contributed by atoms with Crippen LogP contribution in [0.25, 0.3) is 0 Å². The Hall–Kier alpha value is -0.0800. The van der Waals surface area contributed by atoms with Crippen molar-refractivity contribution in [1.82, 2.24) is 5.32 Å². The Bertz CT molecular complexity index is 110. The van der Waals surface area contributed by atoms with Gasteiger partial charge in [0.1, 0.15) is 0 Å². The van der Waals surface area contributed by atoms with Gasteiger partial charge in [0.25, 0.3) is 0 Å². The van der Waals surface area contributed by atoms with Crippen LogP contribution in [-0.4, -0.2) is 26.8 Å². The lowest BCUT2D eigenvalue weighted by Crippen LogP contribution is -2.48. The Kier molecular flexibility index (Phi) is 3.34. The van der Waals surface area contributed by atoms with Crippen molar-refractivity contribution in [2.75, 3.05) is 26.8 Å². The number of ether oxygens (including phenoxy) is 1. The number of hydrogen-bond acceptors (Lipinski definition) is 2. The Balaban J connectivity index is 2.22. The Morgan fingerprint density at radius 3 is 2.55 bits per heavy atom. The molecule has 66 valence electrons. The molecule has 1 aliphatic heterocycles. The van der Waals surface area contributed by atoms with Crippen molar-refractivity contribution < 1.29 is 4.74 Å². The number of nitrogens with one attached hydrogen (secondary N) is 1. The van der Waals surface area contributed by atoms with Gasteiger partial charge in [0.15, 0.2) is 0 Å². The predicted octanol–water partition coefficient (Wildman–Crippen LogP) is 1.41. The first-order chi connectivity index (χ1) is 5.33. The third-order valence-electron chi connectivity index (χ3n) is 2.43. The highest BCUT2D eigenvalue weighted by atomic mass is 16.5. The van der Waals surface area contributed by atoms with E-state index in [1.54, 1.807) is 0 Å². The monoisotopic (exact) mass is 157 g/mol. The summed E-state index contributed by atoms with van der Waals surface area (Å²) >= 11 is 0. The summed E-state index contributed by atoms with van der Waals surface area (Å²) in [5, 5.41) is 3.24. The average Bonchev–Trinajstić information content (AvgIpc) is 1.95. The van der Waals surface area contributed by atoms with Gasteiger partial charge in [-0.15, -0.1) is 0 Å². The lowest BCUT2D eigenvalue weighted by atomic mass is 9.81. The van der Waals surface area contributed by atoms with Crippen LogP contribution in [0.3, 0.4) is 0 Å². The Morgan fingerprint density at radius 1 is 1.45 bits per heavy atom. The second kappa shape index (κ2) is 4.07. The maximum atomic E-state index is 5.25. The molecule has 1 N–H and O–H groups in total. The topological polar surface area (TPSA) is 21.3 Å². The molecule has 2 heteroatoms. The van der Waals surface area contributed by atoms with Gasteiger partial charge in [0, 0.05) is 12.0 Å². The molecule has 1 aliphatic rings. The van der Waals surface area contributed by atoms with Crippen molar-refractivity contribution in [2.24, 2.45) is 5.41 Å². The molecule has 0 aliphatic carbocycles. The van der Waals surface area contributed by atoms with E-state index in [1.165, 1.54) is 19.3 Å². The molecule has 0 amide bonds. The van der Waals surface area contributed by atoms with Crippen molar-refractivity contribution in [1.29, 1.82) is 0 Å². The molecule has 1 rings (SSSR count). The molecule has 11 heavy (non-hydrogen) atoms. The van der Waals surface area contributed by atoms with E-state index in [0.717, 1.165) is 19.8 Å². The van der Waals surface area contributed by atoms with Crippen LogP contribution < -0.4 is 5.32 Å². The first-order valence-corrected chi connectivity index (χ1v) is 4.55. The van der Waals surface area contributed by atoms with Crippen molar-refractivity contribution in [2.45, 2.75) is 26.2 Å². The van der Waals surface area contributed by atoms with Crippen molar-refractivity contribution in [3.63, 3.8) is 0 Å². The van der Waals surface area contributed by atoms with E-state index in [4.69, 9.17) is 4.74 Å². The van der Waals surface area contributed by atoms with Crippen LogP contribution >= 0.6 is 0 Å². The van der Waals surface area contributed by atoms with Gasteiger partial charge in [0.2, 0.25) is 0 Å². The molecule has 1 heterocycles. The second-order valence-corrected chi connectivity index (χ2v) is 3.63. The van der Waals surface area contributed by atoms with Gasteiger partial charge in [-0.05, 0) is 13.5 Å². The molecule has 0 unspecified atom stereocenters. The first kappa shape index (κ1) is 9.01. The SMILES string of the molecule is CCCCC1(CNC)COC1. The van der Waals surface area contributed by atoms with Crippen LogP contribution in [-0.2, 0) is 4.74 Å². The molecule has 0 aromatic rings. The summed E-state index contributed by atoms with van der Waals surface area (Å²) in [6.07, 6.45) is 3.96. The molecule has 1 saturated heterocycles. The average molecular weight is 157 g/mol. The largest absolute Gasteiger partial charge is 0.380 e. The summed E-state index contributed by atoms with van der Waals surface area (Å²) in [5.74, 6) is 0. The van der Waals surface area contributed by atoms with Gasteiger partial charge < -0.3 is 10.1 Å². The van der Waals surface area contributed by atoms with Crippen LogP contribution in [0.2, 0.25) is 0 Å². The zero-order valence-electron chi connectivity index (χ0n) is 7.65. The van der Waals surface area contributed by atoms with E-state index in [1.807, 2.05) is 7.05 Å². The van der Waals surface area contributed by atoms with Crippen LogP contribution in [0.5, 0.6) is 0 Å². The highest BCUT2D eigenvalue weighted by molar-refractivity contribution is 4.86. The van der Waals surface area contributed by atoms with Gasteiger partial charge in [0.05, 0.1) is 13.2 Å². The smallest absolute Gasteiger partial charge is 0.0557 e. The fourth-order valence-electron chi connectivity index (χ4n) is 1.65. The molecular formula is C9H19NO. The minimum absolute atomic E-state index is 0.491. The van der Waals surface area contributed by atoms with E-state index in [0.29, 0.717) is 5.41 Å². The number of unbranched alkanes of at least 4 members (excludes halogenated alkanes) is 1. The molecule has 0 aromatic carbocycles. The quantitative estimate of drug-likeness (QED) is 0.651. The summed E-state index contributed by atoms with van der Waals surface area (Å²) in [6.45, 7) is 5.29. The molecule has 0 bridgehead atoms. The van der Waals surface area contributed by atoms with Crippen molar-refractivity contribution >= 4 is 0 Å². The van der Waals surface area contributed by atoms with Gasteiger partial charge in [-0.2, -0.15) is 0 Å². The summed E-state index contributed by atoms with van der Waals surface area (Å²) < 4.78 is 5.25. The maximum absolute atomic E-state index is 5.25. The van der Waals surface area contributed by atoms with Crippen LogP contribution in [0.15, 0.2) is 0 Å². The van der Waals surface area contributed by atoms with Crippen LogP contribution in [0.4, 0.5) is 0 Å². The molecule has 0 spiro atoms. The third kappa shape index (κ3) is 2.17. The van der Waals surface area contributed by atoms with E-state index >= 15 is 0 Å². The zero-order valence-corrected chi connectivity index (χ0v) is 7.65. The first-order valence-electron chi connectivity index (χ1n) is 4.55.